The van der Waals surface area contributed by atoms with Gasteiger partial charge in [0.1, 0.15) is 6.42 Å². The molecule has 88 valence electrons. The fraction of sp³-hybridized carbons (Fsp3) is 0.231. The van der Waals surface area contributed by atoms with E-state index < -0.39 is 11.9 Å². The van der Waals surface area contributed by atoms with Gasteiger partial charge in [-0.3, -0.25) is 4.79 Å². The minimum absolute atomic E-state index is 0.221. The summed E-state index contributed by atoms with van der Waals surface area (Å²) in [4.78, 5) is 21.7. The number of hydrogen-bond donors (Lipinski definition) is 1. The third-order valence-electron chi connectivity index (χ3n) is 2.12. The van der Waals surface area contributed by atoms with E-state index in [1.165, 1.54) is 7.11 Å². The van der Waals surface area contributed by atoms with Gasteiger partial charge in [0, 0.05) is 5.56 Å². The van der Waals surface area contributed by atoms with Crippen molar-refractivity contribution in [1.82, 2.24) is 0 Å². The van der Waals surface area contributed by atoms with E-state index in [4.69, 9.17) is 5.11 Å². The molecule has 0 saturated heterocycles. The molecule has 1 rings (SSSR count). The zero-order valence-corrected chi connectivity index (χ0v) is 9.61. The fourth-order valence-electron chi connectivity index (χ4n) is 1.25. The molecule has 0 aliphatic heterocycles. The smallest absolute Gasteiger partial charge is 0.338 e. The Morgan fingerprint density at radius 2 is 2.12 bits per heavy atom. The number of benzene rings is 1. The van der Waals surface area contributed by atoms with Gasteiger partial charge in [-0.25, -0.2) is 4.79 Å². The van der Waals surface area contributed by atoms with Crippen LogP contribution in [-0.2, 0) is 9.53 Å². The van der Waals surface area contributed by atoms with Crippen molar-refractivity contribution in [2.75, 3.05) is 7.11 Å². The highest BCUT2D eigenvalue weighted by molar-refractivity contribution is 5.91. The lowest BCUT2D eigenvalue weighted by molar-refractivity contribution is -0.135. The average molecular weight is 232 g/mol. The lowest BCUT2D eigenvalue weighted by atomic mass is 10.1. The van der Waals surface area contributed by atoms with Gasteiger partial charge in [-0.15, -0.1) is 0 Å². The van der Waals surface area contributed by atoms with Crippen molar-refractivity contribution >= 4 is 11.9 Å². The van der Waals surface area contributed by atoms with Crippen molar-refractivity contribution in [3.8, 4) is 11.8 Å². The summed E-state index contributed by atoms with van der Waals surface area (Å²) >= 11 is 0. The number of aliphatic carboxylic acids is 1. The predicted octanol–water partition coefficient (Wildman–Crippen LogP) is 1.61. The van der Waals surface area contributed by atoms with E-state index in [9.17, 15) is 9.59 Å². The number of carboxylic acids is 1. The highest BCUT2D eigenvalue weighted by Gasteiger charge is 2.08. The van der Waals surface area contributed by atoms with E-state index in [2.05, 4.69) is 16.6 Å². The maximum absolute atomic E-state index is 11.4. The molecular weight excluding hydrogens is 220 g/mol. The number of aryl methyl sites for hydroxylation is 1. The topological polar surface area (TPSA) is 63.6 Å². The first-order valence-corrected chi connectivity index (χ1v) is 4.94. The molecular formula is C13H12O4. The number of rotatable bonds is 2. The summed E-state index contributed by atoms with van der Waals surface area (Å²) in [7, 11) is 1.31. The molecule has 0 bridgehead atoms. The highest BCUT2D eigenvalue weighted by atomic mass is 16.5. The van der Waals surface area contributed by atoms with Crippen molar-refractivity contribution in [3.05, 3.63) is 34.9 Å². The Bertz CT molecular complexity index is 506. The van der Waals surface area contributed by atoms with Gasteiger partial charge in [0.15, 0.2) is 0 Å². The Kier molecular flexibility index (Phi) is 4.29. The molecule has 0 radical (unpaired) electrons. The van der Waals surface area contributed by atoms with Crippen LogP contribution in [0, 0.1) is 18.8 Å². The molecule has 1 aromatic rings. The van der Waals surface area contributed by atoms with E-state index in [0.29, 0.717) is 11.1 Å². The SMILES string of the molecule is COC(=O)c1cc(C#CCC(=O)O)ccc1C. The first-order chi connectivity index (χ1) is 8.04. The molecule has 0 atom stereocenters. The zero-order valence-electron chi connectivity index (χ0n) is 9.61. The Balaban J connectivity index is 2.99. The van der Waals surface area contributed by atoms with Crippen LogP contribution in [0.3, 0.4) is 0 Å². The molecule has 0 fully saturated rings. The number of ether oxygens (including phenoxy) is 1. The van der Waals surface area contributed by atoms with Gasteiger partial charge in [-0.1, -0.05) is 17.9 Å². The molecule has 1 N–H and O–H groups in total. The van der Waals surface area contributed by atoms with Gasteiger partial charge in [-0.05, 0) is 24.6 Å². The molecule has 0 unspecified atom stereocenters. The monoisotopic (exact) mass is 232 g/mol. The Morgan fingerprint density at radius 3 is 2.71 bits per heavy atom. The minimum Gasteiger partial charge on any atom is -0.481 e. The van der Waals surface area contributed by atoms with Crippen LogP contribution in [0.5, 0.6) is 0 Å². The summed E-state index contributed by atoms with van der Waals surface area (Å²) in [6.45, 7) is 1.79. The second-order valence-corrected chi connectivity index (χ2v) is 3.39. The Labute approximate surface area is 99.2 Å². The van der Waals surface area contributed by atoms with Gasteiger partial charge in [-0.2, -0.15) is 0 Å². The first-order valence-electron chi connectivity index (χ1n) is 4.94. The molecule has 17 heavy (non-hydrogen) atoms. The Morgan fingerprint density at radius 1 is 1.41 bits per heavy atom. The number of carbonyl (C=O) groups is 2. The van der Waals surface area contributed by atoms with Crippen molar-refractivity contribution in [1.29, 1.82) is 0 Å². The summed E-state index contributed by atoms with van der Waals surface area (Å²) in [5, 5.41) is 8.44. The van der Waals surface area contributed by atoms with Gasteiger partial charge in [0.2, 0.25) is 0 Å². The molecule has 0 aliphatic carbocycles. The van der Waals surface area contributed by atoms with Crippen molar-refractivity contribution < 1.29 is 19.4 Å². The van der Waals surface area contributed by atoms with Crippen molar-refractivity contribution in [2.45, 2.75) is 13.3 Å². The van der Waals surface area contributed by atoms with Gasteiger partial charge in [0.05, 0.1) is 12.7 Å². The molecule has 0 aromatic heterocycles. The molecule has 4 nitrogen and oxygen atoms in total. The van der Waals surface area contributed by atoms with Crippen molar-refractivity contribution in [3.63, 3.8) is 0 Å². The summed E-state index contributed by atoms with van der Waals surface area (Å²) in [6.07, 6.45) is -0.221. The molecule has 4 heteroatoms. The normalized spacial score (nSPS) is 9.06. The number of methoxy groups -OCH3 is 1. The van der Waals surface area contributed by atoms with Crippen LogP contribution in [0.4, 0.5) is 0 Å². The van der Waals surface area contributed by atoms with Crippen LogP contribution in [0.15, 0.2) is 18.2 Å². The van der Waals surface area contributed by atoms with Crippen LogP contribution in [0.1, 0.15) is 27.9 Å². The second-order valence-electron chi connectivity index (χ2n) is 3.39. The summed E-state index contributed by atoms with van der Waals surface area (Å²) in [6, 6.07) is 5.07. The number of esters is 1. The molecule has 0 aliphatic rings. The number of carbonyl (C=O) groups excluding carboxylic acids is 1. The van der Waals surface area contributed by atoms with E-state index in [0.717, 1.165) is 5.56 Å². The molecule has 0 saturated carbocycles. The van der Waals surface area contributed by atoms with E-state index >= 15 is 0 Å². The lowest BCUT2D eigenvalue weighted by Crippen LogP contribution is -2.04. The molecule has 0 spiro atoms. The molecule has 0 heterocycles. The van der Waals surface area contributed by atoms with Gasteiger partial charge >= 0.3 is 11.9 Å². The lowest BCUT2D eigenvalue weighted by Gasteiger charge is -2.03. The Hall–Kier alpha value is -2.28. The number of hydrogen-bond acceptors (Lipinski definition) is 3. The first kappa shape index (κ1) is 12.8. The maximum atomic E-state index is 11.4. The predicted molar refractivity (Wildman–Crippen MR) is 61.6 cm³/mol. The van der Waals surface area contributed by atoms with Crippen molar-refractivity contribution in [2.24, 2.45) is 0 Å². The summed E-state index contributed by atoms with van der Waals surface area (Å²) in [5.41, 5.74) is 1.83. The van der Waals surface area contributed by atoms with Crippen LogP contribution < -0.4 is 0 Å². The van der Waals surface area contributed by atoms with Crippen LogP contribution >= 0.6 is 0 Å². The third kappa shape index (κ3) is 3.65. The van der Waals surface area contributed by atoms with Crippen LogP contribution in [0.25, 0.3) is 0 Å². The molecule has 0 amide bonds. The molecule has 1 aromatic carbocycles. The van der Waals surface area contributed by atoms with Crippen LogP contribution in [0.2, 0.25) is 0 Å². The standard InChI is InChI=1S/C13H12O4/c1-9-6-7-10(4-3-5-12(14)15)8-11(9)13(16)17-2/h6-8H,5H2,1-2H3,(H,14,15). The largest absolute Gasteiger partial charge is 0.481 e. The summed E-state index contributed by atoms with van der Waals surface area (Å²) in [5.74, 6) is 3.79. The van der Waals surface area contributed by atoms with E-state index in [-0.39, 0.29) is 6.42 Å². The second kappa shape index (κ2) is 5.71. The quantitative estimate of drug-likeness (QED) is 0.621. The third-order valence-corrected chi connectivity index (χ3v) is 2.12. The average Bonchev–Trinajstić information content (AvgIpc) is 2.30. The van der Waals surface area contributed by atoms with Gasteiger partial charge < -0.3 is 9.84 Å². The fourth-order valence-corrected chi connectivity index (χ4v) is 1.25. The van der Waals surface area contributed by atoms with E-state index in [1.807, 2.05) is 0 Å². The minimum atomic E-state index is -0.974. The van der Waals surface area contributed by atoms with Gasteiger partial charge in [0.25, 0.3) is 0 Å². The zero-order chi connectivity index (χ0) is 12.8. The van der Waals surface area contributed by atoms with Crippen LogP contribution in [-0.4, -0.2) is 24.2 Å². The maximum Gasteiger partial charge on any atom is 0.338 e. The number of carboxylic acid groups (broad SMARTS) is 1. The van der Waals surface area contributed by atoms with E-state index in [1.54, 1.807) is 25.1 Å². The highest BCUT2D eigenvalue weighted by Crippen LogP contribution is 2.11. The summed E-state index contributed by atoms with van der Waals surface area (Å²) < 4.78 is 4.63.